The standard InChI is InChI=1S/C25H23NO2/c1-3-21(20-9-5-4-6-10-20)25(28)22-11-7-8-12-23(22)26(24(25)27)17-19-15-13-18(2)14-16-19/h3-16,21,28H,1,17H2,2H3/t21-,25+/m1/s1. The molecule has 3 nitrogen and oxygen atoms in total. The van der Waals surface area contributed by atoms with Gasteiger partial charge in [0.2, 0.25) is 0 Å². The van der Waals surface area contributed by atoms with Crippen molar-refractivity contribution >= 4 is 11.6 Å². The maximum Gasteiger partial charge on any atom is 0.264 e. The quantitative estimate of drug-likeness (QED) is 0.662. The number of anilines is 1. The van der Waals surface area contributed by atoms with Gasteiger partial charge < -0.3 is 10.0 Å². The van der Waals surface area contributed by atoms with E-state index in [4.69, 9.17) is 0 Å². The van der Waals surface area contributed by atoms with Crippen LogP contribution in [0.4, 0.5) is 5.69 Å². The second-order valence-electron chi connectivity index (χ2n) is 7.28. The lowest BCUT2D eigenvalue weighted by Crippen LogP contribution is -2.44. The van der Waals surface area contributed by atoms with Gasteiger partial charge in [-0.25, -0.2) is 0 Å². The fourth-order valence-corrected chi connectivity index (χ4v) is 4.00. The fourth-order valence-electron chi connectivity index (χ4n) is 4.00. The van der Waals surface area contributed by atoms with Crippen LogP contribution in [0, 0.1) is 6.92 Å². The Hall–Kier alpha value is -3.17. The third-order valence-corrected chi connectivity index (χ3v) is 5.48. The largest absolute Gasteiger partial charge is 0.374 e. The number of rotatable bonds is 5. The number of nitrogens with zero attached hydrogens (tertiary/aromatic N) is 1. The number of aliphatic hydroxyl groups is 1. The Bertz CT molecular complexity index is 1010. The number of para-hydroxylation sites is 1. The second-order valence-corrected chi connectivity index (χ2v) is 7.28. The Balaban J connectivity index is 1.80. The van der Waals surface area contributed by atoms with E-state index in [9.17, 15) is 9.90 Å². The summed E-state index contributed by atoms with van der Waals surface area (Å²) in [7, 11) is 0. The molecule has 0 aromatic heterocycles. The molecule has 0 spiro atoms. The summed E-state index contributed by atoms with van der Waals surface area (Å²) in [6.45, 7) is 6.37. The average Bonchev–Trinajstić information content (AvgIpc) is 2.94. The van der Waals surface area contributed by atoms with Gasteiger partial charge in [-0.2, -0.15) is 0 Å². The predicted octanol–water partition coefficient (Wildman–Crippen LogP) is 4.70. The number of fused-ring (bicyclic) bond motifs is 1. The van der Waals surface area contributed by atoms with Gasteiger partial charge in [-0.3, -0.25) is 4.79 Å². The van der Waals surface area contributed by atoms with E-state index in [0.717, 1.165) is 16.8 Å². The van der Waals surface area contributed by atoms with Crippen LogP contribution in [0.5, 0.6) is 0 Å². The van der Waals surface area contributed by atoms with Crippen molar-refractivity contribution in [1.29, 1.82) is 0 Å². The van der Waals surface area contributed by atoms with Crippen LogP contribution in [0.2, 0.25) is 0 Å². The molecule has 0 saturated carbocycles. The molecule has 3 aromatic carbocycles. The summed E-state index contributed by atoms with van der Waals surface area (Å²) in [5, 5.41) is 11.8. The van der Waals surface area contributed by atoms with Gasteiger partial charge in [-0.05, 0) is 24.1 Å². The summed E-state index contributed by atoms with van der Waals surface area (Å²) >= 11 is 0. The van der Waals surface area contributed by atoms with Gasteiger partial charge >= 0.3 is 0 Å². The number of amides is 1. The Morgan fingerprint density at radius 1 is 1.00 bits per heavy atom. The first-order valence-electron chi connectivity index (χ1n) is 9.42. The van der Waals surface area contributed by atoms with Crippen molar-refractivity contribution in [2.24, 2.45) is 0 Å². The van der Waals surface area contributed by atoms with E-state index in [2.05, 4.69) is 6.58 Å². The monoisotopic (exact) mass is 369 g/mol. The molecule has 1 heterocycles. The first-order chi connectivity index (χ1) is 13.6. The molecule has 0 aliphatic carbocycles. The van der Waals surface area contributed by atoms with E-state index in [1.807, 2.05) is 85.8 Å². The van der Waals surface area contributed by atoms with Crippen LogP contribution in [0.3, 0.4) is 0 Å². The summed E-state index contributed by atoms with van der Waals surface area (Å²) in [5.41, 5.74) is 2.75. The summed E-state index contributed by atoms with van der Waals surface area (Å²) in [5.74, 6) is -0.853. The molecule has 1 amide bonds. The molecule has 28 heavy (non-hydrogen) atoms. The summed E-state index contributed by atoms with van der Waals surface area (Å²) in [6, 6.07) is 25.2. The van der Waals surface area contributed by atoms with Crippen molar-refractivity contribution in [3.05, 3.63) is 114 Å². The molecular weight excluding hydrogens is 346 g/mol. The van der Waals surface area contributed by atoms with E-state index >= 15 is 0 Å². The van der Waals surface area contributed by atoms with Crippen LogP contribution in [-0.2, 0) is 16.9 Å². The third-order valence-electron chi connectivity index (χ3n) is 5.48. The number of carbonyl (C=O) groups is 1. The van der Waals surface area contributed by atoms with Gasteiger partial charge in [-0.1, -0.05) is 84.4 Å². The molecule has 0 fully saturated rings. The average molecular weight is 369 g/mol. The van der Waals surface area contributed by atoms with Crippen molar-refractivity contribution in [3.63, 3.8) is 0 Å². The minimum atomic E-state index is -1.68. The van der Waals surface area contributed by atoms with Crippen molar-refractivity contribution in [2.45, 2.75) is 25.0 Å². The topological polar surface area (TPSA) is 40.5 Å². The van der Waals surface area contributed by atoms with E-state index in [1.165, 1.54) is 5.56 Å². The number of benzene rings is 3. The zero-order chi connectivity index (χ0) is 19.7. The maximum absolute atomic E-state index is 13.6. The fraction of sp³-hybridized carbons (Fsp3) is 0.160. The van der Waals surface area contributed by atoms with Crippen LogP contribution >= 0.6 is 0 Å². The highest BCUT2D eigenvalue weighted by atomic mass is 16.3. The molecule has 3 heteroatoms. The van der Waals surface area contributed by atoms with Gasteiger partial charge in [0.05, 0.1) is 12.2 Å². The Kier molecular flexibility index (Phi) is 4.62. The van der Waals surface area contributed by atoms with Crippen LogP contribution in [0.1, 0.15) is 28.2 Å². The van der Waals surface area contributed by atoms with Crippen LogP contribution in [0.15, 0.2) is 91.5 Å². The van der Waals surface area contributed by atoms with Crippen LogP contribution in [-0.4, -0.2) is 11.0 Å². The summed E-state index contributed by atoms with van der Waals surface area (Å²) < 4.78 is 0. The molecule has 1 N–H and O–H groups in total. The normalized spacial score (nSPS) is 19.4. The summed E-state index contributed by atoms with van der Waals surface area (Å²) in [4.78, 5) is 15.2. The highest BCUT2D eigenvalue weighted by Crippen LogP contribution is 2.49. The molecule has 0 radical (unpaired) electrons. The maximum atomic E-state index is 13.6. The first-order valence-corrected chi connectivity index (χ1v) is 9.42. The molecule has 1 aliphatic rings. The number of hydrogen-bond acceptors (Lipinski definition) is 2. The SMILES string of the molecule is C=C[C@H](c1ccccc1)[C@@]1(O)C(=O)N(Cc2ccc(C)cc2)c2ccccc21. The van der Waals surface area contributed by atoms with E-state index in [-0.39, 0.29) is 5.91 Å². The highest BCUT2D eigenvalue weighted by molar-refractivity contribution is 6.07. The van der Waals surface area contributed by atoms with Gasteiger partial charge in [-0.15, -0.1) is 6.58 Å². The zero-order valence-corrected chi connectivity index (χ0v) is 15.9. The number of carbonyl (C=O) groups excluding carboxylic acids is 1. The molecule has 0 bridgehead atoms. The summed E-state index contributed by atoms with van der Waals surface area (Å²) in [6.07, 6.45) is 1.67. The lowest BCUT2D eigenvalue weighted by Gasteiger charge is -2.30. The lowest BCUT2D eigenvalue weighted by atomic mass is 9.78. The van der Waals surface area contributed by atoms with Crippen molar-refractivity contribution in [2.75, 3.05) is 4.90 Å². The van der Waals surface area contributed by atoms with Crippen molar-refractivity contribution in [1.82, 2.24) is 0 Å². The molecule has 3 aromatic rings. The lowest BCUT2D eigenvalue weighted by molar-refractivity contribution is -0.137. The minimum Gasteiger partial charge on any atom is -0.374 e. The van der Waals surface area contributed by atoms with E-state index in [1.54, 1.807) is 11.0 Å². The molecular formula is C25H23NO2. The van der Waals surface area contributed by atoms with Gasteiger partial charge in [0.25, 0.3) is 5.91 Å². The molecule has 4 rings (SSSR count). The molecule has 140 valence electrons. The van der Waals surface area contributed by atoms with Crippen LogP contribution < -0.4 is 4.90 Å². The van der Waals surface area contributed by atoms with E-state index in [0.29, 0.717) is 12.1 Å². The molecule has 0 saturated heterocycles. The first kappa shape index (κ1) is 18.2. The Morgan fingerprint density at radius 2 is 1.64 bits per heavy atom. The highest BCUT2D eigenvalue weighted by Gasteiger charge is 2.54. The Morgan fingerprint density at radius 3 is 2.32 bits per heavy atom. The smallest absolute Gasteiger partial charge is 0.264 e. The third kappa shape index (κ3) is 2.85. The number of aryl methyl sites for hydroxylation is 1. The molecule has 0 unspecified atom stereocenters. The van der Waals surface area contributed by atoms with Crippen molar-refractivity contribution < 1.29 is 9.90 Å². The predicted molar refractivity (Wildman–Crippen MR) is 112 cm³/mol. The van der Waals surface area contributed by atoms with Gasteiger partial charge in [0.15, 0.2) is 5.60 Å². The van der Waals surface area contributed by atoms with Crippen LogP contribution in [0.25, 0.3) is 0 Å². The molecule has 1 aliphatic heterocycles. The van der Waals surface area contributed by atoms with Gasteiger partial charge in [0.1, 0.15) is 0 Å². The zero-order valence-electron chi connectivity index (χ0n) is 15.9. The van der Waals surface area contributed by atoms with E-state index < -0.39 is 11.5 Å². The number of hydrogen-bond donors (Lipinski definition) is 1. The van der Waals surface area contributed by atoms with Crippen molar-refractivity contribution in [3.8, 4) is 0 Å². The minimum absolute atomic E-state index is 0.317. The Labute approximate surface area is 165 Å². The second kappa shape index (κ2) is 7.10. The van der Waals surface area contributed by atoms with Gasteiger partial charge in [0, 0.05) is 11.5 Å². The molecule has 2 atom stereocenters.